The maximum atomic E-state index is 12.9. The van der Waals surface area contributed by atoms with Gasteiger partial charge >= 0.3 is 0 Å². The van der Waals surface area contributed by atoms with Gasteiger partial charge in [-0.05, 0) is 49.2 Å². The lowest BCUT2D eigenvalue weighted by Crippen LogP contribution is -2.39. The minimum absolute atomic E-state index is 0. The molecular formula is C20H26FIN4O2. The van der Waals surface area contributed by atoms with Crippen molar-refractivity contribution in [1.82, 2.24) is 10.6 Å². The molecule has 28 heavy (non-hydrogen) atoms. The highest BCUT2D eigenvalue weighted by molar-refractivity contribution is 14.0. The Balaban J connectivity index is 0.00000392. The van der Waals surface area contributed by atoms with E-state index in [4.69, 9.17) is 4.74 Å². The van der Waals surface area contributed by atoms with E-state index < -0.39 is 0 Å². The first kappa shape index (κ1) is 23.7. The van der Waals surface area contributed by atoms with Crippen molar-refractivity contribution in [2.24, 2.45) is 4.99 Å². The zero-order chi connectivity index (χ0) is 19.5. The summed E-state index contributed by atoms with van der Waals surface area (Å²) in [5, 5.41) is 8.98. The summed E-state index contributed by atoms with van der Waals surface area (Å²) >= 11 is 0. The van der Waals surface area contributed by atoms with Crippen LogP contribution in [0.1, 0.15) is 12.5 Å². The second-order valence-electron chi connectivity index (χ2n) is 5.74. The number of ether oxygens (including phenoxy) is 1. The summed E-state index contributed by atoms with van der Waals surface area (Å²) in [5.41, 5.74) is 1.63. The molecule has 0 spiro atoms. The van der Waals surface area contributed by atoms with Crippen LogP contribution in [0.15, 0.2) is 53.5 Å². The number of nitrogens with zero attached hydrogens (tertiary/aromatic N) is 1. The predicted octanol–water partition coefficient (Wildman–Crippen LogP) is 3.19. The van der Waals surface area contributed by atoms with Crippen LogP contribution in [-0.2, 0) is 11.2 Å². The van der Waals surface area contributed by atoms with E-state index in [9.17, 15) is 9.18 Å². The van der Waals surface area contributed by atoms with Gasteiger partial charge in [-0.15, -0.1) is 24.0 Å². The number of hydrogen-bond acceptors (Lipinski definition) is 3. The van der Waals surface area contributed by atoms with Crippen molar-refractivity contribution in [2.75, 3.05) is 32.1 Å². The number of para-hydroxylation sites is 1. The zero-order valence-corrected chi connectivity index (χ0v) is 18.3. The third-order valence-electron chi connectivity index (χ3n) is 3.73. The second-order valence-corrected chi connectivity index (χ2v) is 5.74. The minimum Gasteiger partial charge on any atom is -0.496 e. The molecule has 0 unspecified atom stereocenters. The van der Waals surface area contributed by atoms with Gasteiger partial charge < -0.3 is 20.7 Å². The van der Waals surface area contributed by atoms with E-state index in [1.165, 1.54) is 24.3 Å². The van der Waals surface area contributed by atoms with Crippen molar-refractivity contribution in [3.8, 4) is 5.75 Å². The van der Waals surface area contributed by atoms with E-state index in [-0.39, 0.29) is 42.2 Å². The molecule has 3 N–H and O–H groups in total. The van der Waals surface area contributed by atoms with Crippen molar-refractivity contribution < 1.29 is 13.9 Å². The topological polar surface area (TPSA) is 74.8 Å². The van der Waals surface area contributed by atoms with Crippen LogP contribution < -0.4 is 20.7 Å². The van der Waals surface area contributed by atoms with Crippen LogP contribution >= 0.6 is 24.0 Å². The van der Waals surface area contributed by atoms with Crippen molar-refractivity contribution in [1.29, 1.82) is 0 Å². The summed E-state index contributed by atoms with van der Waals surface area (Å²) in [6.07, 6.45) is 0.760. The first-order chi connectivity index (χ1) is 13.1. The lowest BCUT2D eigenvalue weighted by atomic mass is 10.1. The van der Waals surface area contributed by atoms with Crippen LogP contribution in [0, 0.1) is 5.82 Å². The molecule has 0 aliphatic carbocycles. The van der Waals surface area contributed by atoms with E-state index in [0.29, 0.717) is 24.7 Å². The second kappa shape index (κ2) is 12.9. The van der Waals surface area contributed by atoms with Gasteiger partial charge in [-0.3, -0.25) is 4.79 Å². The number of guanidine groups is 1. The average molecular weight is 500 g/mol. The number of halogens is 2. The van der Waals surface area contributed by atoms with Crippen LogP contribution in [0.4, 0.5) is 10.1 Å². The Morgan fingerprint density at radius 3 is 2.50 bits per heavy atom. The third kappa shape index (κ3) is 8.12. The van der Waals surface area contributed by atoms with Gasteiger partial charge in [0.25, 0.3) is 0 Å². The molecule has 0 heterocycles. The SMILES string of the molecule is CCNC(=NCC(=O)Nc1ccc(F)cc1)NCCc1ccccc1OC.I. The fraction of sp³-hybridized carbons (Fsp3) is 0.300. The molecule has 6 nitrogen and oxygen atoms in total. The molecule has 2 rings (SSSR count). The minimum atomic E-state index is -0.348. The molecule has 0 saturated carbocycles. The van der Waals surface area contributed by atoms with Crippen molar-refractivity contribution >= 4 is 41.5 Å². The van der Waals surface area contributed by atoms with Crippen molar-refractivity contribution in [2.45, 2.75) is 13.3 Å². The Labute approximate surface area is 182 Å². The molecule has 8 heteroatoms. The number of nitrogens with one attached hydrogen (secondary N) is 3. The molecular weight excluding hydrogens is 474 g/mol. The number of rotatable bonds is 8. The van der Waals surface area contributed by atoms with E-state index in [0.717, 1.165) is 17.7 Å². The number of methoxy groups -OCH3 is 1. The van der Waals surface area contributed by atoms with Crippen LogP contribution in [0.3, 0.4) is 0 Å². The Hall–Kier alpha value is -2.36. The van der Waals surface area contributed by atoms with Crippen LogP contribution in [0.25, 0.3) is 0 Å². The summed E-state index contributed by atoms with van der Waals surface area (Å²) in [5.74, 6) is 0.782. The summed E-state index contributed by atoms with van der Waals surface area (Å²) in [6.45, 7) is 3.24. The molecule has 0 aliphatic heterocycles. The van der Waals surface area contributed by atoms with Crippen LogP contribution in [-0.4, -0.2) is 38.6 Å². The fourth-order valence-corrected chi connectivity index (χ4v) is 2.45. The number of amides is 1. The monoisotopic (exact) mass is 500 g/mol. The van der Waals surface area contributed by atoms with Crippen LogP contribution in [0.5, 0.6) is 5.75 Å². The summed E-state index contributed by atoms with van der Waals surface area (Å²) in [6, 6.07) is 13.4. The van der Waals surface area contributed by atoms with Gasteiger partial charge in [0.1, 0.15) is 18.1 Å². The molecule has 0 fully saturated rings. The zero-order valence-electron chi connectivity index (χ0n) is 16.0. The molecule has 0 aliphatic rings. The van der Waals surface area contributed by atoms with E-state index in [1.807, 2.05) is 31.2 Å². The van der Waals surface area contributed by atoms with Gasteiger partial charge in [-0.25, -0.2) is 9.38 Å². The highest BCUT2D eigenvalue weighted by Crippen LogP contribution is 2.17. The fourth-order valence-electron chi connectivity index (χ4n) is 2.45. The molecule has 0 radical (unpaired) electrons. The van der Waals surface area contributed by atoms with Gasteiger partial charge in [-0.1, -0.05) is 18.2 Å². The quantitative estimate of drug-likeness (QED) is 0.296. The van der Waals surface area contributed by atoms with Gasteiger partial charge in [-0.2, -0.15) is 0 Å². The molecule has 1 amide bonds. The number of anilines is 1. The number of carbonyl (C=O) groups excluding carboxylic acids is 1. The van der Waals surface area contributed by atoms with Gasteiger partial charge in [0, 0.05) is 18.8 Å². The lowest BCUT2D eigenvalue weighted by molar-refractivity contribution is -0.114. The Kier molecular flexibility index (Phi) is 10.9. The summed E-state index contributed by atoms with van der Waals surface area (Å²) < 4.78 is 18.2. The van der Waals surface area contributed by atoms with E-state index in [1.54, 1.807) is 7.11 Å². The van der Waals surface area contributed by atoms with Crippen molar-refractivity contribution in [3.05, 3.63) is 59.9 Å². The molecule has 0 aromatic heterocycles. The van der Waals surface area contributed by atoms with E-state index in [2.05, 4.69) is 20.9 Å². The molecule has 0 bridgehead atoms. The van der Waals surface area contributed by atoms with E-state index >= 15 is 0 Å². The highest BCUT2D eigenvalue weighted by atomic mass is 127. The van der Waals surface area contributed by atoms with Crippen LogP contribution in [0.2, 0.25) is 0 Å². The van der Waals surface area contributed by atoms with Gasteiger partial charge in [0.15, 0.2) is 5.96 Å². The number of hydrogen-bond donors (Lipinski definition) is 3. The first-order valence-electron chi connectivity index (χ1n) is 8.82. The average Bonchev–Trinajstić information content (AvgIpc) is 2.68. The first-order valence-corrected chi connectivity index (χ1v) is 8.82. The molecule has 2 aromatic rings. The molecule has 0 atom stereocenters. The summed E-state index contributed by atoms with van der Waals surface area (Å²) in [4.78, 5) is 16.3. The number of carbonyl (C=O) groups is 1. The predicted molar refractivity (Wildman–Crippen MR) is 121 cm³/mol. The normalized spacial score (nSPS) is 10.6. The Morgan fingerprint density at radius 1 is 1.11 bits per heavy atom. The number of benzene rings is 2. The molecule has 152 valence electrons. The highest BCUT2D eigenvalue weighted by Gasteiger charge is 2.05. The Morgan fingerprint density at radius 2 is 1.82 bits per heavy atom. The number of aliphatic imine (C=N–C) groups is 1. The molecule has 0 saturated heterocycles. The smallest absolute Gasteiger partial charge is 0.246 e. The van der Waals surface area contributed by atoms with Gasteiger partial charge in [0.05, 0.1) is 7.11 Å². The molecule has 2 aromatic carbocycles. The summed E-state index contributed by atoms with van der Waals surface area (Å²) in [7, 11) is 1.65. The standard InChI is InChI=1S/C20H25FN4O2.HI/c1-3-22-20(23-13-12-15-6-4-5-7-18(15)27-2)24-14-19(26)25-17-10-8-16(21)9-11-17;/h4-11H,3,12-14H2,1-2H3,(H,25,26)(H2,22,23,24);1H. The maximum absolute atomic E-state index is 12.9. The maximum Gasteiger partial charge on any atom is 0.246 e. The lowest BCUT2D eigenvalue weighted by Gasteiger charge is -2.12. The third-order valence-corrected chi connectivity index (χ3v) is 3.73. The largest absolute Gasteiger partial charge is 0.496 e. The van der Waals surface area contributed by atoms with Crippen molar-refractivity contribution in [3.63, 3.8) is 0 Å². The van der Waals surface area contributed by atoms with Gasteiger partial charge in [0.2, 0.25) is 5.91 Å². The Bertz CT molecular complexity index is 769.